The first-order valence-electron chi connectivity index (χ1n) is 8.41. The Labute approximate surface area is 144 Å². The highest BCUT2D eigenvalue weighted by molar-refractivity contribution is 6.12. The maximum Gasteiger partial charge on any atom is 0.234 e. The molecule has 2 aromatic rings. The first-order chi connectivity index (χ1) is 11.4. The van der Waals surface area contributed by atoms with Gasteiger partial charge in [0.25, 0.3) is 0 Å². The van der Waals surface area contributed by atoms with Crippen molar-refractivity contribution in [3.63, 3.8) is 0 Å². The average Bonchev–Trinajstić information content (AvgIpc) is 2.54. The van der Waals surface area contributed by atoms with Gasteiger partial charge < -0.3 is 5.32 Å². The monoisotopic (exact) mass is 321 g/mol. The Balaban J connectivity index is 1.86. The van der Waals surface area contributed by atoms with E-state index in [2.05, 4.69) is 49.0 Å². The van der Waals surface area contributed by atoms with Crippen LogP contribution in [0, 0.1) is 6.92 Å². The number of fused-ring (bicyclic) bond motifs is 1. The molecule has 0 atom stereocenters. The number of rotatable bonds is 3. The van der Waals surface area contributed by atoms with Crippen LogP contribution in [0.15, 0.2) is 48.5 Å². The fourth-order valence-electron chi connectivity index (χ4n) is 3.29. The number of benzene rings is 2. The quantitative estimate of drug-likeness (QED) is 0.857. The molecule has 3 nitrogen and oxygen atoms in total. The Morgan fingerprint density at radius 1 is 1.12 bits per heavy atom. The van der Waals surface area contributed by atoms with E-state index in [1.54, 1.807) is 0 Å². The van der Waals surface area contributed by atoms with E-state index in [4.69, 9.17) is 0 Å². The molecule has 3 rings (SSSR count). The number of carbonyl (C=O) groups is 1. The van der Waals surface area contributed by atoms with E-state index in [9.17, 15) is 4.79 Å². The number of nitrogens with zero attached hydrogens (tertiary/aromatic N) is 1. The van der Waals surface area contributed by atoms with Crippen LogP contribution in [0.2, 0.25) is 0 Å². The van der Waals surface area contributed by atoms with E-state index < -0.39 is 0 Å². The molecule has 1 N–H and O–H groups in total. The van der Waals surface area contributed by atoms with E-state index in [0.717, 1.165) is 17.8 Å². The molecule has 1 amide bonds. The Morgan fingerprint density at radius 2 is 1.79 bits per heavy atom. The minimum atomic E-state index is 0.00776. The van der Waals surface area contributed by atoms with Gasteiger partial charge in [-0.2, -0.15) is 0 Å². The van der Waals surface area contributed by atoms with Crippen LogP contribution in [0.4, 0.5) is 5.69 Å². The van der Waals surface area contributed by atoms with Crippen molar-refractivity contribution in [2.24, 2.45) is 0 Å². The zero-order valence-corrected chi connectivity index (χ0v) is 14.9. The van der Waals surface area contributed by atoms with E-state index in [-0.39, 0.29) is 11.4 Å². The van der Waals surface area contributed by atoms with Gasteiger partial charge in [0.15, 0.2) is 11.3 Å². The predicted octanol–water partition coefficient (Wildman–Crippen LogP) is 3.79. The zero-order valence-electron chi connectivity index (χ0n) is 14.9. The lowest BCUT2D eigenvalue weighted by Gasteiger charge is -2.29. The summed E-state index contributed by atoms with van der Waals surface area (Å²) in [6.45, 7) is 6.49. The topological polar surface area (TPSA) is 32.1 Å². The molecular weight excluding hydrogens is 296 g/mol. The van der Waals surface area contributed by atoms with Gasteiger partial charge in [0, 0.05) is 31.5 Å². The summed E-state index contributed by atoms with van der Waals surface area (Å²) in [6.07, 6.45) is 1.37. The normalized spacial score (nSPS) is 15.8. The summed E-state index contributed by atoms with van der Waals surface area (Å²) in [5.74, 6) is 0.0215. The lowest BCUT2D eigenvalue weighted by atomic mass is 9.84. The molecule has 2 aromatic carbocycles. The fourth-order valence-corrected chi connectivity index (χ4v) is 3.29. The number of anilines is 1. The third-order valence-electron chi connectivity index (χ3n) is 4.93. The summed E-state index contributed by atoms with van der Waals surface area (Å²) >= 11 is 0. The van der Waals surface area contributed by atoms with Gasteiger partial charge in [0.2, 0.25) is 5.91 Å². The Hall–Kier alpha value is -2.42. The van der Waals surface area contributed by atoms with Crippen LogP contribution in [-0.4, -0.2) is 28.8 Å². The van der Waals surface area contributed by atoms with Gasteiger partial charge in [-0.1, -0.05) is 35.9 Å². The number of carbonyl (C=O) groups excluding carboxylic acids is 1. The summed E-state index contributed by atoms with van der Waals surface area (Å²) in [5, 5.41) is 3.01. The van der Waals surface area contributed by atoms with E-state index in [1.807, 2.05) is 37.3 Å². The SMILES string of the molecule is Cc1ccc(NC(=O)CC2=[N+](C)C(C)(C)Cc3ccccc32)cc1. The molecule has 0 fully saturated rings. The van der Waals surface area contributed by atoms with Crippen LogP contribution < -0.4 is 5.32 Å². The van der Waals surface area contributed by atoms with E-state index in [0.29, 0.717) is 6.42 Å². The lowest BCUT2D eigenvalue weighted by molar-refractivity contribution is -0.577. The van der Waals surface area contributed by atoms with Crippen LogP contribution in [0.1, 0.15) is 37.0 Å². The maximum absolute atomic E-state index is 12.6. The average molecular weight is 321 g/mol. The summed E-state index contributed by atoms with van der Waals surface area (Å²) in [7, 11) is 2.09. The number of amides is 1. The van der Waals surface area contributed by atoms with Gasteiger partial charge in [0.05, 0.1) is 0 Å². The van der Waals surface area contributed by atoms with Crippen LogP contribution in [0.25, 0.3) is 0 Å². The molecule has 24 heavy (non-hydrogen) atoms. The van der Waals surface area contributed by atoms with Crippen molar-refractivity contribution in [1.29, 1.82) is 0 Å². The third kappa shape index (κ3) is 3.25. The van der Waals surface area contributed by atoms with Gasteiger partial charge in [-0.3, -0.25) is 4.79 Å². The molecule has 1 aliphatic rings. The third-order valence-corrected chi connectivity index (χ3v) is 4.93. The van der Waals surface area contributed by atoms with Gasteiger partial charge in [-0.25, -0.2) is 4.58 Å². The van der Waals surface area contributed by atoms with Crippen molar-refractivity contribution in [2.45, 2.75) is 39.2 Å². The number of nitrogens with one attached hydrogen (secondary N) is 1. The molecule has 0 unspecified atom stereocenters. The lowest BCUT2D eigenvalue weighted by Crippen LogP contribution is -2.45. The summed E-state index contributed by atoms with van der Waals surface area (Å²) in [4.78, 5) is 12.6. The number of aryl methyl sites for hydroxylation is 1. The Kier molecular flexibility index (Phi) is 4.27. The minimum Gasteiger partial charge on any atom is -0.326 e. The molecule has 0 saturated heterocycles. The summed E-state index contributed by atoms with van der Waals surface area (Å²) in [5.41, 5.74) is 5.64. The highest BCUT2D eigenvalue weighted by Crippen LogP contribution is 2.27. The van der Waals surface area contributed by atoms with Crippen molar-refractivity contribution in [2.75, 3.05) is 12.4 Å². The van der Waals surface area contributed by atoms with E-state index in [1.165, 1.54) is 16.7 Å². The summed E-state index contributed by atoms with van der Waals surface area (Å²) < 4.78 is 2.25. The van der Waals surface area contributed by atoms with Gasteiger partial charge >= 0.3 is 0 Å². The molecule has 0 spiro atoms. The predicted molar refractivity (Wildman–Crippen MR) is 98.9 cm³/mol. The molecule has 3 heteroatoms. The summed E-state index contributed by atoms with van der Waals surface area (Å²) in [6, 6.07) is 16.3. The molecular formula is C21H25N2O+. The highest BCUT2D eigenvalue weighted by atomic mass is 16.1. The van der Waals surface area contributed by atoms with Crippen molar-refractivity contribution < 1.29 is 9.37 Å². The molecule has 1 aliphatic heterocycles. The van der Waals surface area contributed by atoms with Crippen molar-refractivity contribution in [1.82, 2.24) is 0 Å². The second kappa shape index (κ2) is 6.23. The van der Waals surface area contributed by atoms with Crippen LogP contribution in [0.3, 0.4) is 0 Å². The number of likely N-dealkylation sites (N-methyl/N-ethyl adjacent to an activating group) is 1. The van der Waals surface area contributed by atoms with Gasteiger partial charge in [-0.05, 0) is 30.7 Å². The largest absolute Gasteiger partial charge is 0.326 e. The fraction of sp³-hybridized carbons (Fsp3) is 0.333. The Morgan fingerprint density at radius 3 is 2.50 bits per heavy atom. The maximum atomic E-state index is 12.6. The molecule has 0 radical (unpaired) electrons. The molecule has 0 bridgehead atoms. The smallest absolute Gasteiger partial charge is 0.234 e. The van der Waals surface area contributed by atoms with Crippen molar-refractivity contribution in [3.8, 4) is 0 Å². The second-order valence-corrected chi connectivity index (χ2v) is 7.24. The standard InChI is InChI=1S/C21H24N2O/c1-15-9-11-17(12-10-15)22-20(24)13-19-18-8-6-5-7-16(18)14-21(2,3)23(19)4/h5-12H,13-14H2,1-4H3/p+1. The van der Waals surface area contributed by atoms with Crippen LogP contribution in [0.5, 0.6) is 0 Å². The van der Waals surface area contributed by atoms with Crippen LogP contribution in [-0.2, 0) is 11.2 Å². The molecule has 1 heterocycles. The van der Waals surface area contributed by atoms with Crippen LogP contribution >= 0.6 is 0 Å². The molecule has 0 aromatic heterocycles. The Bertz CT molecular complexity index is 801. The molecule has 0 saturated carbocycles. The van der Waals surface area contributed by atoms with Gasteiger partial charge in [0.1, 0.15) is 13.5 Å². The zero-order chi connectivity index (χ0) is 17.3. The number of hydrogen-bond donors (Lipinski definition) is 1. The van der Waals surface area contributed by atoms with Crippen molar-refractivity contribution in [3.05, 3.63) is 65.2 Å². The minimum absolute atomic E-state index is 0.00776. The first kappa shape index (κ1) is 16.4. The van der Waals surface area contributed by atoms with E-state index >= 15 is 0 Å². The number of hydrogen-bond acceptors (Lipinski definition) is 1. The second-order valence-electron chi connectivity index (χ2n) is 7.24. The van der Waals surface area contributed by atoms with Gasteiger partial charge in [-0.15, -0.1) is 0 Å². The molecule has 0 aliphatic carbocycles. The first-order valence-corrected chi connectivity index (χ1v) is 8.41. The van der Waals surface area contributed by atoms with Crippen molar-refractivity contribution >= 4 is 17.3 Å². The molecule has 124 valence electrons. The highest BCUT2D eigenvalue weighted by Gasteiger charge is 2.38.